The first-order valence-corrected chi connectivity index (χ1v) is 10.0. The van der Waals surface area contributed by atoms with Crippen molar-refractivity contribution in [1.29, 1.82) is 0 Å². The van der Waals surface area contributed by atoms with Crippen LogP contribution in [0.2, 0.25) is 0 Å². The lowest BCUT2D eigenvalue weighted by molar-refractivity contribution is -0.956. The quantitative estimate of drug-likeness (QED) is 0.292. The van der Waals surface area contributed by atoms with Gasteiger partial charge in [0.05, 0.1) is 25.2 Å². The van der Waals surface area contributed by atoms with E-state index >= 15 is 0 Å². The molecule has 1 aliphatic rings. The van der Waals surface area contributed by atoms with Crippen LogP contribution in [0.4, 0.5) is 0 Å². The lowest BCUT2D eigenvalue weighted by Gasteiger charge is -2.42. The third-order valence-electron chi connectivity index (χ3n) is 6.27. The zero-order valence-corrected chi connectivity index (χ0v) is 15.5. The maximum absolute atomic E-state index is 2.49. The largest absolute Gasteiger partial charge is 0.319 e. The van der Waals surface area contributed by atoms with E-state index in [1.54, 1.807) is 0 Å². The fourth-order valence-corrected chi connectivity index (χ4v) is 4.55. The highest BCUT2D eigenvalue weighted by Crippen LogP contribution is 2.33. The van der Waals surface area contributed by atoms with Gasteiger partial charge in [0.25, 0.3) is 0 Å². The molecule has 1 heterocycles. The van der Waals surface area contributed by atoms with Crippen LogP contribution < -0.4 is 0 Å². The molecule has 0 radical (unpaired) electrons. The summed E-state index contributed by atoms with van der Waals surface area (Å²) in [5.74, 6) is 0. The standard InChI is InChI=1S/C20H42N/c1-5-7-8-9-10-11-12-13-14-15-18-21(6-2)19(3)16-17-20(21)4/h19-20H,5-18H2,1-4H3/q+1/t19-,20-/m1/s1. The summed E-state index contributed by atoms with van der Waals surface area (Å²) in [7, 11) is 0. The zero-order valence-electron chi connectivity index (χ0n) is 15.5. The number of hydrogen-bond acceptors (Lipinski definition) is 0. The predicted molar refractivity (Wildman–Crippen MR) is 95.7 cm³/mol. The summed E-state index contributed by atoms with van der Waals surface area (Å²) in [6.45, 7) is 12.5. The predicted octanol–water partition coefficient (Wildman–Crippen LogP) is 6.31. The summed E-state index contributed by atoms with van der Waals surface area (Å²) in [5.41, 5.74) is 0. The van der Waals surface area contributed by atoms with Gasteiger partial charge in [0.2, 0.25) is 0 Å². The second-order valence-corrected chi connectivity index (χ2v) is 7.60. The fourth-order valence-electron chi connectivity index (χ4n) is 4.55. The smallest absolute Gasteiger partial charge is 0.0866 e. The SMILES string of the molecule is CCCCCCCCCCCC[N+]1(CC)[C@H](C)CC[C@H]1C. The molecular formula is C20H42N+. The molecule has 0 aromatic rings. The van der Waals surface area contributed by atoms with Crippen LogP contribution in [0.5, 0.6) is 0 Å². The first-order chi connectivity index (χ1) is 10.2. The van der Waals surface area contributed by atoms with Crippen molar-refractivity contribution in [3.05, 3.63) is 0 Å². The maximum atomic E-state index is 2.49. The Morgan fingerprint density at radius 3 is 1.52 bits per heavy atom. The van der Waals surface area contributed by atoms with E-state index in [0.29, 0.717) is 0 Å². The van der Waals surface area contributed by atoms with Crippen molar-refractivity contribution in [2.45, 2.75) is 117 Å². The average molecular weight is 297 g/mol. The molecule has 0 N–H and O–H groups in total. The van der Waals surface area contributed by atoms with Crippen LogP contribution in [0.3, 0.4) is 0 Å². The highest BCUT2D eigenvalue weighted by Gasteiger charge is 2.42. The Labute approximate surface area is 135 Å². The molecule has 1 fully saturated rings. The van der Waals surface area contributed by atoms with Crippen LogP contribution in [-0.2, 0) is 0 Å². The van der Waals surface area contributed by atoms with Gasteiger partial charge >= 0.3 is 0 Å². The van der Waals surface area contributed by atoms with Crippen LogP contribution in [0.1, 0.15) is 105 Å². The number of hydrogen-bond donors (Lipinski definition) is 0. The molecule has 21 heavy (non-hydrogen) atoms. The summed E-state index contributed by atoms with van der Waals surface area (Å²) in [6.07, 6.45) is 17.5. The summed E-state index contributed by atoms with van der Waals surface area (Å²) >= 11 is 0. The van der Waals surface area contributed by atoms with Gasteiger partial charge in [0.1, 0.15) is 0 Å². The first kappa shape index (κ1) is 19.0. The Kier molecular flexibility index (Phi) is 9.64. The van der Waals surface area contributed by atoms with Crippen molar-refractivity contribution in [2.24, 2.45) is 0 Å². The Morgan fingerprint density at radius 1 is 0.667 bits per heavy atom. The molecule has 126 valence electrons. The van der Waals surface area contributed by atoms with Gasteiger partial charge in [-0.15, -0.1) is 0 Å². The maximum Gasteiger partial charge on any atom is 0.0866 e. The molecule has 1 aliphatic heterocycles. The van der Waals surface area contributed by atoms with E-state index in [-0.39, 0.29) is 0 Å². The summed E-state index contributed by atoms with van der Waals surface area (Å²) in [6, 6.07) is 1.81. The van der Waals surface area contributed by atoms with E-state index in [9.17, 15) is 0 Å². The second kappa shape index (κ2) is 10.6. The number of rotatable bonds is 12. The monoisotopic (exact) mass is 296 g/mol. The average Bonchev–Trinajstić information content (AvgIpc) is 2.77. The molecule has 0 spiro atoms. The van der Waals surface area contributed by atoms with E-state index in [4.69, 9.17) is 0 Å². The fraction of sp³-hybridized carbons (Fsp3) is 1.00. The molecule has 1 nitrogen and oxygen atoms in total. The molecule has 0 bridgehead atoms. The Morgan fingerprint density at radius 2 is 1.10 bits per heavy atom. The Hall–Kier alpha value is -0.0400. The molecule has 1 saturated heterocycles. The number of quaternary nitrogens is 1. The highest BCUT2D eigenvalue weighted by molar-refractivity contribution is 4.70. The van der Waals surface area contributed by atoms with Crippen molar-refractivity contribution in [3.63, 3.8) is 0 Å². The molecule has 0 unspecified atom stereocenters. The van der Waals surface area contributed by atoms with E-state index in [1.807, 2.05) is 0 Å². The molecular weight excluding hydrogens is 254 g/mol. The minimum absolute atomic E-state index is 0.906. The van der Waals surface area contributed by atoms with Gasteiger partial charge in [-0.25, -0.2) is 0 Å². The van der Waals surface area contributed by atoms with Crippen LogP contribution in [0, 0.1) is 0 Å². The number of nitrogens with zero attached hydrogens (tertiary/aromatic N) is 1. The van der Waals surface area contributed by atoms with Crippen molar-refractivity contribution >= 4 is 0 Å². The van der Waals surface area contributed by atoms with Crippen molar-refractivity contribution in [2.75, 3.05) is 13.1 Å². The van der Waals surface area contributed by atoms with Gasteiger partial charge in [0.15, 0.2) is 0 Å². The molecule has 1 heteroatoms. The summed E-state index contributed by atoms with van der Waals surface area (Å²) in [5, 5.41) is 0. The highest BCUT2D eigenvalue weighted by atomic mass is 15.4. The summed E-state index contributed by atoms with van der Waals surface area (Å²) in [4.78, 5) is 0. The van der Waals surface area contributed by atoms with Crippen molar-refractivity contribution in [1.82, 2.24) is 0 Å². The van der Waals surface area contributed by atoms with Crippen LogP contribution in [-0.4, -0.2) is 29.7 Å². The van der Waals surface area contributed by atoms with Crippen molar-refractivity contribution in [3.8, 4) is 0 Å². The van der Waals surface area contributed by atoms with Gasteiger partial charge in [-0.3, -0.25) is 0 Å². The van der Waals surface area contributed by atoms with E-state index in [0.717, 1.165) is 12.1 Å². The minimum Gasteiger partial charge on any atom is -0.319 e. The van der Waals surface area contributed by atoms with Gasteiger partial charge in [-0.05, 0) is 33.6 Å². The van der Waals surface area contributed by atoms with Gasteiger partial charge in [-0.2, -0.15) is 0 Å². The molecule has 2 atom stereocenters. The topological polar surface area (TPSA) is 0 Å². The molecule has 0 aliphatic carbocycles. The van der Waals surface area contributed by atoms with Crippen molar-refractivity contribution < 1.29 is 4.48 Å². The molecule has 0 saturated carbocycles. The molecule has 1 rings (SSSR count). The van der Waals surface area contributed by atoms with Crippen LogP contribution >= 0.6 is 0 Å². The molecule has 0 aromatic carbocycles. The van der Waals surface area contributed by atoms with Gasteiger partial charge in [-0.1, -0.05) is 58.3 Å². The second-order valence-electron chi connectivity index (χ2n) is 7.60. The number of unbranched alkanes of at least 4 members (excludes halogenated alkanes) is 9. The lowest BCUT2D eigenvalue weighted by Crippen LogP contribution is -2.55. The number of likely N-dealkylation sites (tertiary alicyclic amines) is 1. The van der Waals surface area contributed by atoms with E-state index < -0.39 is 0 Å². The first-order valence-electron chi connectivity index (χ1n) is 10.0. The van der Waals surface area contributed by atoms with E-state index in [1.165, 1.54) is 94.6 Å². The zero-order chi connectivity index (χ0) is 15.6. The lowest BCUT2D eigenvalue weighted by atomic mass is 10.1. The molecule has 0 aromatic heterocycles. The normalized spacial score (nSPS) is 24.6. The Balaban J connectivity index is 2.03. The third kappa shape index (κ3) is 5.93. The molecule has 0 amide bonds. The Bertz CT molecular complexity index is 238. The van der Waals surface area contributed by atoms with Gasteiger partial charge in [0, 0.05) is 12.8 Å². The summed E-state index contributed by atoms with van der Waals surface area (Å²) < 4.78 is 1.41. The van der Waals surface area contributed by atoms with E-state index in [2.05, 4.69) is 27.7 Å². The minimum atomic E-state index is 0.906. The van der Waals surface area contributed by atoms with Crippen LogP contribution in [0.25, 0.3) is 0 Å². The third-order valence-corrected chi connectivity index (χ3v) is 6.27. The van der Waals surface area contributed by atoms with Gasteiger partial charge < -0.3 is 4.48 Å². The van der Waals surface area contributed by atoms with Crippen LogP contribution in [0.15, 0.2) is 0 Å².